The minimum Gasteiger partial charge on any atom is -0.444 e. The molecule has 6 heteroatoms. The molecule has 1 aromatic rings. The van der Waals surface area contributed by atoms with Crippen LogP contribution in [0.5, 0.6) is 0 Å². The summed E-state index contributed by atoms with van der Waals surface area (Å²) in [5.74, 6) is 0.0243. The fourth-order valence-electron chi connectivity index (χ4n) is 3.36. The standard InChI is InChI=1S/C20H29N3O3/c1-20(2,3)26-19(25)22-12-4-5-16(14-22)18(24)23(17-6-7-17)13-15-8-10-21-11-9-15/h8-11,16-17H,4-7,12-14H2,1-3H3. The van der Waals surface area contributed by atoms with Gasteiger partial charge in [0.1, 0.15) is 5.60 Å². The maximum Gasteiger partial charge on any atom is 0.410 e. The highest BCUT2D eigenvalue weighted by atomic mass is 16.6. The quantitative estimate of drug-likeness (QED) is 0.828. The highest BCUT2D eigenvalue weighted by Gasteiger charge is 2.38. The molecule has 0 N–H and O–H groups in total. The largest absolute Gasteiger partial charge is 0.444 e. The van der Waals surface area contributed by atoms with Crippen molar-refractivity contribution >= 4 is 12.0 Å². The summed E-state index contributed by atoms with van der Waals surface area (Å²) in [6.45, 7) is 7.32. The Kier molecular flexibility index (Phi) is 5.49. The van der Waals surface area contributed by atoms with Gasteiger partial charge in [0, 0.05) is 38.1 Å². The first-order valence-corrected chi connectivity index (χ1v) is 9.51. The number of carbonyl (C=O) groups excluding carboxylic acids is 2. The van der Waals surface area contributed by atoms with Crippen molar-refractivity contribution < 1.29 is 14.3 Å². The normalized spacial score (nSPS) is 20.6. The lowest BCUT2D eigenvalue weighted by atomic mass is 9.96. The summed E-state index contributed by atoms with van der Waals surface area (Å²) in [7, 11) is 0. The number of carbonyl (C=O) groups is 2. The Morgan fingerprint density at radius 1 is 1.23 bits per heavy atom. The van der Waals surface area contributed by atoms with Crippen LogP contribution in [0, 0.1) is 5.92 Å². The Bertz CT molecular complexity index is 637. The average molecular weight is 359 g/mol. The van der Waals surface area contributed by atoms with Crippen LogP contribution < -0.4 is 0 Å². The molecule has 1 aliphatic heterocycles. The predicted octanol–water partition coefficient (Wildman–Crippen LogP) is 3.22. The second kappa shape index (κ2) is 7.64. The SMILES string of the molecule is CC(C)(C)OC(=O)N1CCCC(C(=O)N(Cc2ccncc2)C2CC2)C1. The Balaban J connectivity index is 1.64. The van der Waals surface area contributed by atoms with Gasteiger partial charge in [0.2, 0.25) is 5.91 Å². The molecule has 3 rings (SSSR count). The molecular formula is C20H29N3O3. The lowest BCUT2D eigenvalue weighted by molar-refractivity contribution is -0.138. The third-order valence-electron chi connectivity index (χ3n) is 4.80. The molecule has 1 unspecified atom stereocenters. The Labute approximate surface area is 155 Å². The van der Waals surface area contributed by atoms with E-state index in [2.05, 4.69) is 4.98 Å². The van der Waals surface area contributed by atoms with E-state index in [0.717, 1.165) is 31.2 Å². The molecule has 0 aromatic carbocycles. The van der Waals surface area contributed by atoms with E-state index in [1.165, 1.54) is 0 Å². The summed E-state index contributed by atoms with van der Waals surface area (Å²) < 4.78 is 5.48. The van der Waals surface area contributed by atoms with Gasteiger partial charge in [-0.25, -0.2) is 4.79 Å². The molecule has 0 spiro atoms. The lowest BCUT2D eigenvalue weighted by Crippen LogP contribution is -2.48. The fraction of sp³-hybridized carbons (Fsp3) is 0.650. The summed E-state index contributed by atoms with van der Waals surface area (Å²) in [6, 6.07) is 4.25. The summed E-state index contributed by atoms with van der Waals surface area (Å²) in [4.78, 5) is 33.3. The van der Waals surface area contributed by atoms with Crippen LogP contribution in [0.1, 0.15) is 52.0 Å². The summed E-state index contributed by atoms with van der Waals surface area (Å²) in [6.07, 6.45) is 7.01. The van der Waals surface area contributed by atoms with E-state index in [0.29, 0.717) is 25.7 Å². The van der Waals surface area contributed by atoms with Gasteiger partial charge in [0.05, 0.1) is 5.92 Å². The fourth-order valence-corrected chi connectivity index (χ4v) is 3.36. The molecule has 1 aliphatic carbocycles. The zero-order valence-corrected chi connectivity index (χ0v) is 16.0. The molecule has 6 nitrogen and oxygen atoms in total. The van der Waals surface area contributed by atoms with Gasteiger partial charge in [0.25, 0.3) is 0 Å². The number of ether oxygens (including phenoxy) is 1. The third kappa shape index (κ3) is 4.96. The molecular weight excluding hydrogens is 330 g/mol. The first kappa shape index (κ1) is 18.7. The molecule has 0 radical (unpaired) electrons. The monoisotopic (exact) mass is 359 g/mol. The van der Waals surface area contributed by atoms with Gasteiger partial charge >= 0.3 is 6.09 Å². The van der Waals surface area contributed by atoms with Crippen LogP contribution in [0.4, 0.5) is 4.79 Å². The van der Waals surface area contributed by atoms with E-state index in [9.17, 15) is 9.59 Å². The minimum absolute atomic E-state index is 0.140. The first-order chi connectivity index (χ1) is 12.3. The molecule has 1 atom stereocenters. The van der Waals surface area contributed by atoms with Gasteiger partial charge in [-0.15, -0.1) is 0 Å². The van der Waals surface area contributed by atoms with Crippen molar-refractivity contribution in [2.75, 3.05) is 13.1 Å². The zero-order chi connectivity index (χ0) is 18.7. The predicted molar refractivity (Wildman–Crippen MR) is 98.3 cm³/mol. The minimum atomic E-state index is -0.518. The Morgan fingerprint density at radius 3 is 2.54 bits per heavy atom. The second-order valence-electron chi connectivity index (χ2n) is 8.32. The van der Waals surface area contributed by atoms with Gasteiger partial charge in [-0.3, -0.25) is 9.78 Å². The number of hydrogen-bond donors (Lipinski definition) is 0. The number of hydrogen-bond acceptors (Lipinski definition) is 4. The molecule has 142 valence electrons. The van der Waals surface area contributed by atoms with Crippen molar-refractivity contribution in [2.24, 2.45) is 5.92 Å². The smallest absolute Gasteiger partial charge is 0.410 e. The van der Waals surface area contributed by atoms with Crippen molar-refractivity contribution in [3.8, 4) is 0 Å². The van der Waals surface area contributed by atoms with Crippen LogP contribution in [-0.2, 0) is 16.1 Å². The molecule has 2 aliphatic rings. The topological polar surface area (TPSA) is 62.7 Å². The molecule has 2 heterocycles. The summed E-state index contributed by atoms with van der Waals surface area (Å²) in [5, 5.41) is 0. The van der Waals surface area contributed by atoms with E-state index in [1.807, 2.05) is 37.8 Å². The molecule has 2 fully saturated rings. The van der Waals surface area contributed by atoms with Gasteiger partial charge in [-0.2, -0.15) is 0 Å². The molecule has 26 heavy (non-hydrogen) atoms. The van der Waals surface area contributed by atoms with Crippen LogP contribution in [0.15, 0.2) is 24.5 Å². The van der Waals surface area contributed by atoms with Crippen LogP contribution >= 0.6 is 0 Å². The van der Waals surface area contributed by atoms with Crippen molar-refractivity contribution in [3.05, 3.63) is 30.1 Å². The highest BCUT2D eigenvalue weighted by molar-refractivity contribution is 5.80. The van der Waals surface area contributed by atoms with Crippen LogP contribution in [0.3, 0.4) is 0 Å². The number of nitrogens with zero attached hydrogens (tertiary/aromatic N) is 3. The number of piperidine rings is 1. The van der Waals surface area contributed by atoms with Gasteiger partial charge in [-0.05, 0) is 64.2 Å². The first-order valence-electron chi connectivity index (χ1n) is 9.51. The Morgan fingerprint density at radius 2 is 1.92 bits per heavy atom. The maximum absolute atomic E-state index is 13.2. The molecule has 0 bridgehead atoms. The molecule has 1 saturated heterocycles. The number of pyridine rings is 1. The van der Waals surface area contributed by atoms with Gasteiger partial charge in [-0.1, -0.05) is 0 Å². The van der Waals surface area contributed by atoms with Gasteiger partial charge in [0.15, 0.2) is 0 Å². The van der Waals surface area contributed by atoms with Crippen molar-refractivity contribution in [3.63, 3.8) is 0 Å². The van der Waals surface area contributed by atoms with Crippen molar-refractivity contribution in [2.45, 2.75) is 64.6 Å². The highest BCUT2D eigenvalue weighted by Crippen LogP contribution is 2.31. The molecule has 1 saturated carbocycles. The van der Waals surface area contributed by atoms with Crippen LogP contribution in [0.25, 0.3) is 0 Å². The van der Waals surface area contributed by atoms with Gasteiger partial charge < -0.3 is 14.5 Å². The average Bonchev–Trinajstić information content (AvgIpc) is 3.43. The number of rotatable bonds is 4. The van der Waals surface area contributed by atoms with Crippen molar-refractivity contribution in [1.29, 1.82) is 0 Å². The van der Waals surface area contributed by atoms with E-state index in [-0.39, 0.29) is 17.9 Å². The third-order valence-corrected chi connectivity index (χ3v) is 4.80. The molecule has 1 aromatic heterocycles. The zero-order valence-electron chi connectivity index (χ0n) is 16.0. The number of likely N-dealkylation sites (tertiary alicyclic amines) is 1. The van der Waals surface area contributed by atoms with Crippen LogP contribution in [0.2, 0.25) is 0 Å². The summed E-state index contributed by atoms with van der Waals surface area (Å²) in [5.41, 5.74) is 0.579. The van der Waals surface area contributed by atoms with E-state index < -0.39 is 5.60 Å². The molecule has 2 amide bonds. The lowest BCUT2D eigenvalue weighted by Gasteiger charge is -2.36. The summed E-state index contributed by atoms with van der Waals surface area (Å²) >= 11 is 0. The Hall–Kier alpha value is -2.11. The van der Waals surface area contributed by atoms with Crippen LogP contribution in [-0.4, -0.2) is 51.5 Å². The second-order valence-corrected chi connectivity index (χ2v) is 8.32. The van der Waals surface area contributed by atoms with E-state index >= 15 is 0 Å². The van der Waals surface area contributed by atoms with E-state index in [4.69, 9.17) is 4.74 Å². The maximum atomic E-state index is 13.2. The van der Waals surface area contributed by atoms with Crippen molar-refractivity contribution in [1.82, 2.24) is 14.8 Å². The number of aromatic nitrogens is 1. The van der Waals surface area contributed by atoms with E-state index in [1.54, 1.807) is 17.3 Å². The number of amides is 2.